The Morgan fingerprint density at radius 1 is 1.11 bits per heavy atom. The topological polar surface area (TPSA) is 234 Å². The highest BCUT2D eigenvalue weighted by molar-refractivity contribution is 9.10. The first-order valence-corrected chi connectivity index (χ1v) is 11.7. The van der Waals surface area contributed by atoms with Gasteiger partial charge < -0.3 is 48.5 Å². The number of H-pyrrole nitrogens is 1. The van der Waals surface area contributed by atoms with E-state index in [4.69, 9.17) is 15.2 Å². The maximum absolute atomic E-state index is 11.9. The van der Waals surface area contributed by atoms with Crippen LogP contribution in [0.25, 0.3) is 11.2 Å². The largest absolute Gasteiger partial charge is 0.809 e. The van der Waals surface area contributed by atoms with Gasteiger partial charge in [0, 0.05) is 12.5 Å². The number of hydrogen-bond donors (Lipinski definition) is 2. The van der Waals surface area contributed by atoms with Crippen LogP contribution >= 0.6 is 31.1 Å². The Balaban J connectivity index is 2.21. The van der Waals surface area contributed by atoms with Crippen LogP contribution in [0.1, 0.15) is 0 Å². The first kappa shape index (κ1) is 23.1. The number of rotatable bonds is 10. The van der Waals surface area contributed by atoms with Gasteiger partial charge in [0.25, 0.3) is 5.56 Å². The Kier molecular flexibility index (Phi) is 7.53. The summed E-state index contributed by atoms with van der Waals surface area (Å²) in [6.07, 6.45) is -2.16. The van der Waals surface area contributed by atoms with Crippen molar-refractivity contribution in [2.45, 2.75) is 6.54 Å². The molecule has 14 nitrogen and oxygen atoms in total. The summed E-state index contributed by atoms with van der Waals surface area (Å²) >= 11 is 3.14. The van der Waals surface area contributed by atoms with Crippen LogP contribution < -0.4 is 30.9 Å². The summed E-state index contributed by atoms with van der Waals surface area (Å²) in [5, 5.41) is 0. The molecule has 2 aromatic heterocycles. The molecule has 2 aromatic rings. The zero-order chi connectivity index (χ0) is 21.1. The molecule has 17 heteroatoms. The van der Waals surface area contributed by atoms with Crippen molar-refractivity contribution in [1.29, 1.82) is 0 Å². The Morgan fingerprint density at radius 3 is 2.14 bits per heavy atom. The Labute approximate surface area is 165 Å². The second-order valence-corrected chi connectivity index (χ2v) is 9.37. The second kappa shape index (κ2) is 9.11. The van der Waals surface area contributed by atoms with Crippen LogP contribution in [0.15, 0.2) is 9.53 Å². The van der Waals surface area contributed by atoms with Gasteiger partial charge in [0.05, 0.1) is 25.9 Å². The molecule has 158 valence electrons. The highest BCUT2D eigenvalue weighted by Crippen LogP contribution is 2.25. The third kappa shape index (κ3) is 7.03. The number of nitrogens with two attached hydrogens (primary N) is 1. The van der Waals surface area contributed by atoms with Gasteiger partial charge in [-0.05, 0) is 31.1 Å². The molecule has 0 aliphatic heterocycles. The number of hydrogen-bond acceptors (Lipinski definition) is 12. The van der Waals surface area contributed by atoms with Gasteiger partial charge in [-0.2, -0.15) is 4.98 Å². The molecule has 0 atom stereocenters. The summed E-state index contributed by atoms with van der Waals surface area (Å²) in [5.74, 6) is -0.901. The van der Waals surface area contributed by atoms with Crippen molar-refractivity contribution in [3.05, 3.63) is 15.1 Å². The van der Waals surface area contributed by atoms with Crippen LogP contribution in [-0.4, -0.2) is 45.4 Å². The number of anilines is 1. The second-order valence-electron chi connectivity index (χ2n) is 5.70. The van der Waals surface area contributed by atoms with Crippen molar-refractivity contribution in [2.24, 2.45) is 5.92 Å². The van der Waals surface area contributed by atoms with E-state index >= 15 is 0 Å². The van der Waals surface area contributed by atoms with Crippen LogP contribution in [-0.2, 0) is 25.1 Å². The fourth-order valence-corrected chi connectivity index (χ4v) is 3.38. The number of aromatic nitrogens is 4. The normalized spacial score (nSPS) is 12.9. The number of nitrogens with one attached hydrogen (secondary N) is 1. The van der Waals surface area contributed by atoms with E-state index in [9.17, 15) is 33.5 Å². The molecule has 0 aromatic carbocycles. The minimum Gasteiger partial charge on any atom is -0.809 e. The minimum absolute atomic E-state index is 0.0334. The van der Waals surface area contributed by atoms with Gasteiger partial charge >= 0.3 is 0 Å². The van der Waals surface area contributed by atoms with E-state index in [0.717, 1.165) is 0 Å². The lowest BCUT2D eigenvalue weighted by atomic mass is 10.2. The third-order valence-electron chi connectivity index (χ3n) is 3.22. The predicted molar refractivity (Wildman–Crippen MR) is 90.6 cm³/mol. The molecular formula is C11H14BrN5O9P2-4. The van der Waals surface area contributed by atoms with Crippen molar-refractivity contribution in [1.82, 2.24) is 19.5 Å². The van der Waals surface area contributed by atoms with Gasteiger partial charge in [-0.3, -0.25) is 9.78 Å². The summed E-state index contributed by atoms with van der Waals surface area (Å²) in [7, 11) is -9.83. The van der Waals surface area contributed by atoms with Crippen molar-refractivity contribution in [2.75, 3.05) is 31.6 Å². The maximum Gasteiger partial charge on any atom is 0.280 e. The molecule has 0 saturated carbocycles. The van der Waals surface area contributed by atoms with Gasteiger partial charge in [-0.1, -0.05) is 0 Å². The standard InChI is InChI=1S/C11H18BrN5O9P2/c12-10-14-7-8(15-11(13)16-9(7)18)17(10)1-6(2-25-4-27(19,20)21)3-26-5-28(22,23)24/h6H,1-5H2,(H2,19,20,21)(H2,22,23,24)(H3,13,15,16,18)/p-4. The zero-order valence-electron chi connectivity index (χ0n) is 14.0. The third-order valence-corrected chi connectivity index (χ3v) is 4.83. The lowest BCUT2D eigenvalue weighted by Crippen LogP contribution is -2.27. The molecule has 0 radical (unpaired) electrons. The fraction of sp³-hybridized carbons (Fsp3) is 0.545. The zero-order valence-corrected chi connectivity index (χ0v) is 17.4. The highest BCUT2D eigenvalue weighted by Gasteiger charge is 2.19. The molecule has 3 N–H and O–H groups in total. The first-order chi connectivity index (χ1) is 12.9. The molecule has 28 heavy (non-hydrogen) atoms. The van der Waals surface area contributed by atoms with E-state index in [2.05, 4.69) is 30.9 Å². The van der Waals surface area contributed by atoms with Gasteiger partial charge in [0.2, 0.25) is 5.95 Å². The van der Waals surface area contributed by atoms with Crippen molar-refractivity contribution < 1.29 is 38.2 Å². The summed E-state index contributed by atoms with van der Waals surface area (Å²) in [6.45, 7) is -0.709. The SMILES string of the molecule is Nc1nc2c(nc(Br)n2CC(COCP(=O)([O-])[O-])COCP(=O)([O-])[O-])c(=O)[nH]1. The van der Waals surface area contributed by atoms with E-state index in [0.29, 0.717) is 0 Å². The molecule has 2 rings (SSSR count). The molecule has 0 spiro atoms. The van der Waals surface area contributed by atoms with Gasteiger partial charge in [-0.25, -0.2) is 4.98 Å². The number of imidazole rings is 1. The predicted octanol–water partition coefficient (Wildman–Crippen LogP) is -3.14. The van der Waals surface area contributed by atoms with E-state index < -0.39 is 39.4 Å². The van der Waals surface area contributed by atoms with Crippen LogP contribution in [0.2, 0.25) is 0 Å². The molecule has 0 bridgehead atoms. The number of fused-ring (bicyclic) bond motifs is 1. The number of aromatic amines is 1. The van der Waals surface area contributed by atoms with E-state index in [-0.39, 0.29) is 41.6 Å². The monoisotopic (exact) mass is 501 g/mol. The molecule has 2 heterocycles. The van der Waals surface area contributed by atoms with Gasteiger partial charge in [0.15, 0.2) is 15.9 Å². The van der Waals surface area contributed by atoms with Crippen LogP contribution in [0.5, 0.6) is 0 Å². The Bertz CT molecular complexity index is 955. The maximum atomic E-state index is 11.9. The number of halogens is 1. The van der Waals surface area contributed by atoms with E-state index in [1.54, 1.807) is 0 Å². The first-order valence-electron chi connectivity index (χ1n) is 7.45. The van der Waals surface area contributed by atoms with Crippen molar-refractivity contribution in [3.8, 4) is 0 Å². The average Bonchev–Trinajstić information content (AvgIpc) is 2.81. The van der Waals surface area contributed by atoms with Gasteiger partial charge in [0.1, 0.15) is 0 Å². The van der Waals surface area contributed by atoms with E-state index in [1.807, 2.05) is 0 Å². The van der Waals surface area contributed by atoms with Crippen LogP contribution in [0, 0.1) is 5.92 Å². The lowest BCUT2D eigenvalue weighted by Gasteiger charge is -2.31. The summed E-state index contributed by atoms with van der Waals surface area (Å²) in [6, 6.07) is 0. The van der Waals surface area contributed by atoms with Crippen LogP contribution in [0.3, 0.4) is 0 Å². The fourth-order valence-electron chi connectivity index (χ4n) is 2.24. The van der Waals surface area contributed by atoms with Crippen molar-refractivity contribution >= 4 is 48.2 Å². The Hall–Kier alpha value is -1.15. The molecule has 0 unspecified atom stereocenters. The molecular weight excluding hydrogens is 488 g/mol. The smallest absolute Gasteiger partial charge is 0.280 e. The molecule has 0 aliphatic carbocycles. The molecule has 0 amide bonds. The summed E-state index contributed by atoms with van der Waals surface area (Å²) in [5.41, 5.74) is 4.98. The molecule has 0 saturated heterocycles. The number of ether oxygens (including phenoxy) is 2. The number of nitrogens with zero attached hydrogens (tertiary/aromatic N) is 3. The minimum atomic E-state index is -4.92. The summed E-state index contributed by atoms with van der Waals surface area (Å²) in [4.78, 5) is 64.9. The van der Waals surface area contributed by atoms with E-state index in [1.165, 1.54) is 4.57 Å². The van der Waals surface area contributed by atoms with Crippen LogP contribution in [0.4, 0.5) is 5.95 Å². The quantitative estimate of drug-likeness (QED) is 0.242. The molecule has 0 aliphatic rings. The molecule has 0 fully saturated rings. The Morgan fingerprint density at radius 2 is 1.64 bits per heavy atom. The lowest BCUT2D eigenvalue weighted by molar-refractivity contribution is -0.319. The van der Waals surface area contributed by atoms with Crippen molar-refractivity contribution in [3.63, 3.8) is 0 Å². The number of nitrogen functional groups attached to an aromatic ring is 1. The average molecular weight is 502 g/mol. The highest BCUT2D eigenvalue weighted by atomic mass is 79.9. The van der Waals surface area contributed by atoms with Gasteiger partial charge in [-0.15, -0.1) is 0 Å². The summed E-state index contributed by atoms with van der Waals surface area (Å²) < 4.78 is 32.6.